The van der Waals surface area contributed by atoms with Crippen LogP contribution in [-0.4, -0.2) is 53.6 Å². The minimum atomic E-state index is -0.176. The smallest absolute Gasteiger partial charge is 0.255 e. The first-order chi connectivity index (χ1) is 14.6. The number of nitrogens with zero attached hydrogens (tertiary/aromatic N) is 3. The van der Waals surface area contributed by atoms with E-state index in [0.717, 1.165) is 19.6 Å². The molecule has 30 heavy (non-hydrogen) atoms. The van der Waals surface area contributed by atoms with Gasteiger partial charge in [-0.2, -0.15) is 0 Å². The molecule has 1 saturated heterocycles. The number of piperazine rings is 1. The van der Waals surface area contributed by atoms with E-state index in [1.54, 1.807) is 43.6 Å². The van der Waals surface area contributed by atoms with Gasteiger partial charge in [-0.05, 0) is 35.9 Å². The van der Waals surface area contributed by atoms with Crippen LogP contribution in [-0.2, 0) is 6.54 Å². The van der Waals surface area contributed by atoms with Crippen LogP contribution in [0.5, 0.6) is 5.75 Å². The van der Waals surface area contributed by atoms with Crippen LogP contribution in [0.3, 0.4) is 0 Å². The fourth-order valence-corrected chi connectivity index (χ4v) is 3.69. The molecule has 4 rings (SSSR count). The summed E-state index contributed by atoms with van der Waals surface area (Å²) in [4.78, 5) is 29.6. The third-order valence-electron chi connectivity index (χ3n) is 5.42. The van der Waals surface area contributed by atoms with E-state index >= 15 is 0 Å². The molecule has 0 aliphatic carbocycles. The normalized spacial score (nSPS) is 14.5. The Morgan fingerprint density at radius 2 is 1.60 bits per heavy atom. The van der Waals surface area contributed by atoms with Gasteiger partial charge in [-0.15, -0.1) is 0 Å². The molecular weight excluding hydrogens is 378 g/mol. The number of pyridine rings is 1. The number of hydrogen-bond donors (Lipinski definition) is 0. The molecule has 2 heterocycles. The highest BCUT2D eigenvalue weighted by molar-refractivity contribution is 5.94. The lowest BCUT2D eigenvalue weighted by Crippen LogP contribution is -2.48. The van der Waals surface area contributed by atoms with Gasteiger partial charge in [-0.3, -0.25) is 19.1 Å². The number of hydrogen-bond acceptors (Lipinski definition) is 4. The van der Waals surface area contributed by atoms with E-state index in [-0.39, 0.29) is 11.5 Å². The molecule has 3 aromatic rings. The van der Waals surface area contributed by atoms with E-state index in [0.29, 0.717) is 30.1 Å². The van der Waals surface area contributed by atoms with E-state index in [1.807, 2.05) is 23.1 Å². The second kappa shape index (κ2) is 8.97. The number of aromatic nitrogens is 1. The van der Waals surface area contributed by atoms with Crippen molar-refractivity contribution in [2.45, 2.75) is 6.54 Å². The molecule has 1 aromatic heterocycles. The van der Waals surface area contributed by atoms with Crippen LogP contribution < -0.4 is 10.3 Å². The van der Waals surface area contributed by atoms with Gasteiger partial charge in [0, 0.05) is 50.7 Å². The fourth-order valence-electron chi connectivity index (χ4n) is 3.69. The topological polar surface area (TPSA) is 54.8 Å². The predicted octanol–water partition coefficient (Wildman–Crippen LogP) is 2.80. The minimum absolute atomic E-state index is 0.0448. The Morgan fingerprint density at radius 1 is 0.900 bits per heavy atom. The molecule has 0 spiro atoms. The quantitative estimate of drug-likeness (QED) is 0.657. The monoisotopic (exact) mass is 403 g/mol. The molecule has 0 saturated carbocycles. The minimum Gasteiger partial charge on any atom is -0.497 e. The van der Waals surface area contributed by atoms with Crippen molar-refractivity contribution in [1.29, 1.82) is 0 Å². The van der Waals surface area contributed by atoms with Gasteiger partial charge in [-0.1, -0.05) is 30.3 Å². The molecule has 2 aromatic carbocycles. The van der Waals surface area contributed by atoms with Crippen molar-refractivity contribution in [2.24, 2.45) is 0 Å². The van der Waals surface area contributed by atoms with Crippen LogP contribution >= 0.6 is 0 Å². The van der Waals surface area contributed by atoms with Gasteiger partial charge in [0.25, 0.3) is 11.5 Å². The molecule has 1 amide bonds. The van der Waals surface area contributed by atoms with Gasteiger partial charge in [0.05, 0.1) is 12.7 Å². The summed E-state index contributed by atoms with van der Waals surface area (Å²) in [6.07, 6.45) is 1.63. The highest BCUT2D eigenvalue weighted by atomic mass is 16.5. The third kappa shape index (κ3) is 4.44. The lowest BCUT2D eigenvalue weighted by atomic mass is 10.2. The van der Waals surface area contributed by atoms with Gasteiger partial charge in [0.15, 0.2) is 0 Å². The van der Waals surface area contributed by atoms with E-state index < -0.39 is 0 Å². The highest BCUT2D eigenvalue weighted by Crippen LogP contribution is 2.15. The largest absolute Gasteiger partial charge is 0.497 e. The van der Waals surface area contributed by atoms with Crippen molar-refractivity contribution in [2.75, 3.05) is 33.3 Å². The lowest BCUT2D eigenvalue weighted by molar-refractivity contribution is 0.0628. The van der Waals surface area contributed by atoms with Crippen molar-refractivity contribution < 1.29 is 9.53 Å². The molecule has 1 fully saturated rings. The molecule has 0 atom stereocenters. The first kappa shape index (κ1) is 19.9. The maximum Gasteiger partial charge on any atom is 0.255 e. The molecule has 6 nitrogen and oxygen atoms in total. The maximum absolute atomic E-state index is 13.0. The number of carbonyl (C=O) groups is 1. The van der Waals surface area contributed by atoms with Gasteiger partial charge >= 0.3 is 0 Å². The lowest BCUT2D eigenvalue weighted by Gasteiger charge is -2.34. The zero-order valence-electron chi connectivity index (χ0n) is 17.0. The first-order valence-electron chi connectivity index (χ1n) is 10.1. The number of amides is 1. The molecule has 0 radical (unpaired) electrons. The molecule has 1 aliphatic rings. The Hall–Kier alpha value is -3.38. The standard InChI is InChI=1S/C24H25N3O3/c1-30-22-10-8-21(9-11-22)27-18-20(7-12-23(27)28)24(29)26-15-13-25(14-16-26)17-19-5-3-2-4-6-19/h2-12,18H,13-17H2,1H3. The van der Waals surface area contributed by atoms with Crippen molar-refractivity contribution in [3.8, 4) is 11.4 Å². The average Bonchev–Trinajstić information content (AvgIpc) is 2.80. The zero-order chi connectivity index (χ0) is 20.9. The Kier molecular flexibility index (Phi) is 5.95. The van der Waals surface area contributed by atoms with Crippen molar-refractivity contribution in [3.63, 3.8) is 0 Å². The zero-order valence-corrected chi connectivity index (χ0v) is 17.0. The number of carbonyl (C=O) groups excluding carboxylic acids is 1. The van der Waals surface area contributed by atoms with Gasteiger partial charge in [0.1, 0.15) is 5.75 Å². The number of methoxy groups -OCH3 is 1. The van der Waals surface area contributed by atoms with Crippen molar-refractivity contribution in [1.82, 2.24) is 14.4 Å². The third-order valence-corrected chi connectivity index (χ3v) is 5.42. The summed E-state index contributed by atoms with van der Waals surface area (Å²) < 4.78 is 6.67. The summed E-state index contributed by atoms with van der Waals surface area (Å²) in [5.74, 6) is 0.670. The van der Waals surface area contributed by atoms with Crippen molar-refractivity contribution in [3.05, 3.63) is 94.4 Å². The van der Waals surface area contributed by atoms with Gasteiger partial charge in [-0.25, -0.2) is 0 Å². The fraction of sp³-hybridized carbons (Fsp3) is 0.250. The summed E-state index contributed by atoms with van der Waals surface area (Å²) in [5, 5.41) is 0. The maximum atomic E-state index is 13.0. The Bertz CT molecular complexity index is 1050. The van der Waals surface area contributed by atoms with E-state index in [2.05, 4.69) is 17.0 Å². The van der Waals surface area contributed by atoms with E-state index in [4.69, 9.17) is 4.74 Å². The second-order valence-corrected chi connectivity index (χ2v) is 7.38. The molecule has 0 unspecified atom stereocenters. The first-order valence-corrected chi connectivity index (χ1v) is 10.1. The molecule has 1 aliphatic heterocycles. The van der Waals surface area contributed by atoms with Crippen LogP contribution in [0, 0.1) is 0 Å². The average molecular weight is 403 g/mol. The van der Waals surface area contributed by atoms with Crippen LogP contribution in [0.2, 0.25) is 0 Å². The number of ether oxygens (including phenoxy) is 1. The molecule has 6 heteroatoms. The highest BCUT2D eigenvalue weighted by Gasteiger charge is 2.22. The van der Waals surface area contributed by atoms with Gasteiger partial charge < -0.3 is 9.64 Å². The SMILES string of the molecule is COc1ccc(-n2cc(C(=O)N3CCN(Cc4ccccc4)CC3)ccc2=O)cc1. The molecule has 154 valence electrons. The Balaban J connectivity index is 1.44. The van der Waals surface area contributed by atoms with Crippen molar-refractivity contribution >= 4 is 5.91 Å². The summed E-state index contributed by atoms with van der Waals surface area (Å²) >= 11 is 0. The summed E-state index contributed by atoms with van der Waals surface area (Å²) in [7, 11) is 1.60. The summed E-state index contributed by atoms with van der Waals surface area (Å²) in [6.45, 7) is 3.91. The number of benzene rings is 2. The van der Waals surface area contributed by atoms with Crippen LogP contribution in [0.25, 0.3) is 5.69 Å². The predicted molar refractivity (Wildman–Crippen MR) is 116 cm³/mol. The van der Waals surface area contributed by atoms with Gasteiger partial charge in [0.2, 0.25) is 0 Å². The molecule has 0 N–H and O–H groups in total. The van der Waals surface area contributed by atoms with Crippen LogP contribution in [0.15, 0.2) is 77.7 Å². The van der Waals surface area contributed by atoms with E-state index in [9.17, 15) is 9.59 Å². The number of rotatable bonds is 5. The molecule has 0 bridgehead atoms. The van der Waals surface area contributed by atoms with E-state index in [1.165, 1.54) is 16.2 Å². The second-order valence-electron chi connectivity index (χ2n) is 7.38. The molecular formula is C24H25N3O3. The Labute approximate surface area is 175 Å². The Morgan fingerprint density at radius 3 is 2.27 bits per heavy atom. The summed E-state index contributed by atoms with van der Waals surface area (Å²) in [6, 6.07) is 20.6. The van der Waals surface area contributed by atoms with Crippen LogP contribution in [0.1, 0.15) is 15.9 Å². The summed E-state index contributed by atoms with van der Waals surface area (Å²) in [5.41, 5.74) is 2.32. The van der Waals surface area contributed by atoms with Crippen LogP contribution in [0.4, 0.5) is 0 Å².